The van der Waals surface area contributed by atoms with E-state index in [1.807, 2.05) is 0 Å². The van der Waals surface area contributed by atoms with Crippen LogP contribution < -0.4 is 9.47 Å². The summed E-state index contributed by atoms with van der Waals surface area (Å²) in [5.41, 5.74) is -0.467. The van der Waals surface area contributed by atoms with Crippen LogP contribution >= 0.6 is 0 Å². The third-order valence-corrected chi connectivity index (χ3v) is 2.38. The van der Waals surface area contributed by atoms with Gasteiger partial charge in [0.1, 0.15) is 0 Å². The zero-order valence-electron chi connectivity index (χ0n) is 10.4. The molecule has 0 aliphatic carbocycles. The molecule has 0 spiro atoms. The molecule has 0 unspecified atom stereocenters. The highest BCUT2D eigenvalue weighted by Crippen LogP contribution is 2.35. The molecule has 0 aliphatic heterocycles. The number of ether oxygens (including phenoxy) is 2. The van der Waals surface area contributed by atoms with E-state index in [0.29, 0.717) is 0 Å². The third kappa shape index (κ3) is 4.26. The minimum atomic E-state index is -4.38. The molecule has 0 aliphatic rings. The summed E-state index contributed by atoms with van der Waals surface area (Å²) in [6.45, 7) is -1.29. The van der Waals surface area contributed by atoms with Crippen molar-refractivity contribution < 1.29 is 32.7 Å². The van der Waals surface area contributed by atoms with Crippen LogP contribution in [0, 0.1) is 10.1 Å². The summed E-state index contributed by atoms with van der Waals surface area (Å²) in [4.78, 5) is 10.0. The fourth-order valence-corrected chi connectivity index (χ4v) is 1.44. The van der Waals surface area contributed by atoms with Gasteiger partial charge in [0.2, 0.25) is 0 Å². The molecule has 1 rings (SSSR count). The molecule has 20 heavy (non-hydrogen) atoms. The van der Waals surface area contributed by atoms with Crippen LogP contribution in [0.25, 0.3) is 0 Å². The molecular weight excluding hydrogens is 283 g/mol. The summed E-state index contributed by atoms with van der Waals surface area (Å²) in [5, 5.41) is 19.8. The zero-order valence-corrected chi connectivity index (χ0v) is 10.4. The van der Waals surface area contributed by atoms with Crippen molar-refractivity contribution in [3.63, 3.8) is 0 Å². The Kier molecular flexibility index (Phi) is 5.14. The number of nitro groups is 1. The molecule has 0 atom stereocenters. The highest BCUT2D eigenvalue weighted by molar-refractivity contribution is 5.54. The van der Waals surface area contributed by atoms with Gasteiger partial charge in [-0.3, -0.25) is 10.1 Å². The van der Waals surface area contributed by atoms with Crippen molar-refractivity contribution in [1.29, 1.82) is 0 Å². The average Bonchev–Trinajstić information content (AvgIpc) is 2.36. The second kappa shape index (κ2) is 6.42. The van der Waals surface area contributed by atoms with E-state index >= 15 is 0 Å². The molecule has 0 saturated carbocycles. The van der Waals surface area contributed by atoms with E-state index < -0.39 is 36.4 Å². The number of methoxy groups -OCH3 is 1. The SMILES string of the molecule is COc1cc(CO)c([N+](=O)[O-])cc1OCCC(F)(F)F. The van der Waals surface area contributed by atoms with Crippen LogP contribution in [0.3, 0.4) is 0 Å². The Labute approximate surface area is 111 Å². The molecule has 1 aromatic carbocycles. The minimum absolute atomic E-state index is 0.0156. The average molecular weight is 295 g/mol. The molecular formula is C11H12F3NO5. The Bertz CT molecular complexity index is 490. The van der Waals surface area contributed by atoms with Crippen LogP contribution in [0.5, 0.6) is 11.5 Å². The van der Waals surface area contributed by atoms with Gasteiger partial charge in [-0.2, -0.15) is 13.2 Å². The first-order chi connectivity index (χ1) is 9.28. The van der Waals surface area contributed by atoms with Gasteiger partial charge >= 0.3 is 6.18 Å². The molecule has 9 heteroatoms. The van der Waals surface area contributed by atoms with Gasteiger partial charge in [0.15, 0.2) is 11.5 Å². The highest BCUT2D eigenvalue weighted by Gasteiger charge is 2.27. The van der Waals surface area contributed by atoms with Crippen molar-refractivity contribution in [3.8, 4) is 11.5 Å². The van der Waals surface area contributed by atoms with Crippen LogP contribution in [-0.2, 0) is 6.61 Å². The summed E-state index contributed by atoms with van der Waals surface area (Å²) < 4.78 is 45.8. The summed E-state index contributed by atoms with van der Waals surface area (Å²) in [5.74, 6) is -0.164. The molecule has 0 saturated heterocycles. The van der Waals surface area contributed by atoms with Crippen molar-refractivity contribution in [2.45, 2.75) is 19.2 Å². The first kappa shape index (κ1) is 16.0. The van der Waals surface area contributed by atoms with Crippen molar-refractivity contribution in [1.82, 2.24) is 0 Å². The van der Waals surface area contributed by atoms with Crippen LogP contribution in [0.4, 0.5) is 18.9 Å². The van der Waals surface area contributed by atoms with E-state index in [1.165, 1.54) is 7.11 Å². The normalized spacial score (nSPS) is 11.2. The Morgan fingerprint density at radius 1 is 1.35 bits per heavy atom. The Morgan fingerprint density at radius 3 is 2.45 bits per heavy atom. The van der Waals surface area contributed by atoms with E-state index in [2.05, 4.69) is 0 Å². The summed E-state index contributed by atoms with van der Waals surface area (Å²) in [6, 6.07) is 2.09. The predicted octanol–water partition coefficient (Wildman–Crippen LogP) is 2.43. The molecule has 1 aromatic rings. The van der Waals surface area contributed by atoms with Crippen LogP contribution in [-0.4, -0.2) is 29.9 Å². The lowest BCUT2D eigenvalue weighted by Gasteiger charge is -2.13. The number of aliphatic hydroxyl groups excluding tert-OH is 1. The maximum Gasteiger partial charge on any atom is 0.392 e. The molecule has 0 bridgehead atoms. The molecule has 112 valence electrons. The standard InChI is InChI=1S/C11H12F3NO5/c1-19-9-4-7(6-16)8(15(17)18)5-10(9)20-3-2-11(12,13)14/h4-5,16H,2-3,6H2,1H3. The second-order valence-corrected chi connectivity index (χ2v) is 3.76. The monoisotopic (exact) mass is 295 g/mol. The second-order valence-electron chi connectivity index (χ2n) is 3.76. The fourth-order valence-electron chi connectivity index (χ4n) is 1.44. The lowest BCUT2D eigenvalue weighted by atomic mass is 10.1. The van der Waals surface area contributed by atoms with Gasteiger partial charge in [0.25, 0.3) is 5.69 Å². The number of halogens is 3. The lowest BCUT2D eigenvalue weighted by molar-refractivity contribution is -0.385. The maximum atomic E-state index is 12.0. The Balaban J connectivity index is 2.99. The number of hydrogen-bond acceptors (Lipinski definition) is 5. The molecule has 6 nitrogen and oxygen atoms in total. The van der Waals surface area contributed by atoms with Crippen molar-refractivity contribution in [3.05, 3.63) is 27.8 Å². The largest absolute Gasteiger partial charge is 0.493 e. The van der Waals surface area contributed by atoms with Crippen molar-refractivity contribution in [2.24, 2.45) is 0 Å². The van der Waals surface area contributed by atoms with E-state index in [1.54, 1.807) is 0 Å². The van der Waals surface area contributed by atoms with Gasteiger partial charge in [-0.05, 0) is 6.07 Å². The smallest absolute Gasteiger partial charge is 0.392 e. The molecule has 0 amide bonds. The number of nitrogens with zero attached hydrogens (tertiary/aromatic N) is 1. The summed E-state index contributed by atoms with van der Waals surface area (Å²) in [7, 11) is 1.24. The zero-order chi connectivity index (χ0) is 15.3. The quantitative estimate of drug-likeness (QED) is 0.644. The third-order valence-electron chi connectivity index (χ3n) is 2.38. The van der Waals surface area contributed by atoms with Gasteiger partial charge in [0.05, 0.1) is 43.3 Å². The number of aliphatic hydroxyl groups is 1. The highest BCUT2D eigenvalue weighted by atomic mass is 19.4. The summed E-state index contributed by atoms with van der Waals surface area (Å²) in [6.07, 6.45) is -5.57. The van der Waals surface area contributed by atoms with Gasteiger partial charge in [0, 0.05) is 0 Å². The topological polar surface area (TPSA) is 81.8 Å². The summed E-state index contributed by atoms with van der Waals surface area (Å²) >= 11 is 0. The van der Waals surface area contributed by atoms with Crippen LogP contribution in [0.15, 0.2) is 12.1 Å². The number of alkyl halides is 3. The number of hydrogen-bond donors (Lipinski definition) is 1. The Morgan fingerprint density at radius 2 is 2.00 bits per heavy atom. The van der Waals surface area contributed by atoms with Gasteiger partial charge in [-0.15, -0.1) is 0 Å². The Hall–Kier alpha value is -2.03. The first-order valence-electron chi connectivity index (χ1n) is 5.44. The van der Waals surface area contributed by atoms with Crippen LogP contribution in [0.1, 0.15) is 12.0 Å². The number of benzene rings is 1. The van der Waals surface area contributed by atoms with Gasteiger partial charge in [-0.1, -0.05) is 0 Å². The fraction of sp³-hybridized carbons (Fsp3) is 0.455. The molecule has 0 aromatic heterocycles. The molecule has 0 heterocycles. The lowest BCUT2D eigenvalue weighted by Crippen LogP contribution is -2.13. The molecule has 0 fully saturated rings. The number of nitro benzene ring substituents is 1. The maximum absolute atomic E-state index is 12.0. The van der Waals surface area contributed by atoms with E-state index in [9.17, 15) is 23.3 Å². The van der Waals surface area contributed by atoms with E-state index in [-0.39, 0.29) is 17.1 Å². The van der Waals surface area contributed by atoms with E-state index in [0.717, 1.165) is 12.1 Å². The predicted molar refractivity (Wildman–Crippen MR) is 61.7 cm³/mol. The van der Waals surface area contributed by atoms with Gasteiger partial charge in [-0.25, -0.2) is 0 Å². The molecule has 1 N–H and O–H groups in total. The van der Waals surface area contributed by atoms with Gasteiger partial charge < -0.3 is 14.6 Å². The van der Waals surface area contributed by atoms with Crippen LogP contribution in [0.2, 0.25) is 0 Å². The van der Waals surface area contributed by atoms with Crippen molar-refractivity contribution in [2.75, 3.05) is 13.7 Å². The molecule has 0 radical (unpaired) electrons. The van der Waals surface area contributed by atoms with E-state index in [4.69, 9.17) is 14.6 Å². The van der Waals surface area contributed by atoms with Crippen molar-refractivity contribution >= 4 is 5.69 Å². The first-order valence-corrected chi connectivity index (χ1v) is 5.44. The number of rotatable bonds is 6. The minimum Gasteiger partial charge on any atom is -0.493 e.